The molecule has 0 heterocycles. The smallest absolute Gasteiger partial charge is 0.331 e. The van der Waals surface area contributed by atoms with Crippen molar-refractivity contribution in [1.82, 2.24) is 9.80 Å². The van der Waals surface area contributed by atoms with Crippen molar-refractivity contribution in [1.29, 1.82) is 0 Å². The SMILES string of the molecule is C=CC(=O)OCCCN(C)C.C=CC(=O)OCN(CC)CC. The Morgan fingerprint density at radius 1 is 1.00 bits per heavy atom. The minimum Gasteiger partial charge on any atom is -0.462 e. The summed E-state index contributed by atoms with van der Waals surface area (Å²) in [7, 11) is 3.96. The van der Waals surface area contributed by atoms with E-state index in [0.717, 1.165) is 26.1 Å². The van der Waals surface area contributed by atoms with E-state index in [0.29, 0.717) is 13.3 Å². The van der Waals surface area contributed by atoms with Crippen molar-refractivity contribution < 1.29 is 19.1 Å². The molecule has 0 aromatic carbocycles. The average Bonchev–Trinajstić information content (AvgIpc) is 2.52. The fourth-order valence-electron chi connectivity index (χ4n) is 1.23. The molecule has 0 aromatic heterocycles. The third-order valence-electron chi connectivity index (χ3n) is 2.61. The Hall–Kier alpha value is -1.66. The number of carbonyl (C=O) groups excluding carboxylic acids is 2. The van der Waals surface area contributed by atoms with E-state index in [9.17, 15) is 9.59 Å². The molecule has 22 heavy (non-hydrogen) atoms. The molecule has 0 saturated heterocycles. The van der Waals surface area contributed by atoms with Gasteiger partial charge in [-0.3, -0.25) is 4.90 Å². The van der Waals surface area contributed by atoms with Crippen molar-refractivity contribution in [2.75, 3.05) is 47.1 Å². The minimum atomic E-state index is -0.364. The summed E-state index contributed by atoms with van der Waals surface area (Å²) in [5.74, 6) is -0.708. The van der Waals surface area contributed by atoms with Crippen LogP contribution < -0.4 is 0 Å². The predicted octanol–water partition coefficient (Wildman–Crippen LogP) is 1.68. The van der Waals surface area contributed by atoms with Crippen LogP contribution in [0.1, 0.15) is 20.3 Å². The number of ether oxygens (including phenoxy) is 2. The molecule has 0 radical (unpaired) electrons. The Bertz CT molecular complexity index is 326. The van der Waals surface area contributed by atoms with E-state index in [1.807, 2.05) is 37.7 Å². The zero-order chi connectivity index (χ0) is 17.4. The highest BCUT2D eigenvalue weighted by Crippen LogP contribution is 1.88. The van der Waals surface area contributed by atoms with Gasteiger partial charge in [-0.1, -0.05) is 27.0 Å². The summed E-state index contributed by atoms with van der Waals surface area (Å²) in [5, 5.41) is 0. The summed E-state index contributed by atoms with van der Waals surface area (Å²) >= 11 is 0. The van der Waals surface area contributed by atoms with E-state index >= 15 is 0 Å². The monoisotopic (exact) mass is 314 g/mol. The lowest BCUT2D eigenvalue weighted by molar-refractivity contribution is -0.142. The van der Waals surface area contributed by atoms with Crippen LogP contribution in [-0.4, -0.2) is 68.8 Å². The first-order valence-corrected chi connectivity index (χ1v) is 7.36. The van der Waals surface area contributed by atoms with E-state index in [2.05, 4.69) is 13.2 Å². The van der Waals surface area contributed by atoms with Gasteiger partial charge in [-0.25, -0.2) is 9.59 Å². The summed E-state index contributed by atoms with van der Waals surface area (Å²) in [6.07, 6.45) is 3.21. The highest BCUT2D eigenvalue weighted by molar-refractivity contribution is 5.81. The maximum absolute atomic E-state index is 10.6. The first-order chi connectivity index (χ1) is 10.4. The van der Waals surface area contributed by atoms with Crippen molar-refractivity contribution >= 4 is 11.9 Å². The van der Waals surface area contributed by atoms with Gasteiger partial charge in [0.05, 0.1) is 6.61 Å². The molecule has 0 aliphatic heterocycles. The standard InChI is InChI=1S/2C8H15NO2/c1-4-8(10)11-7-5-6-9(2)3;1-4-8(10)11-7-9(5-2)6-3/h2*4H,1,5-7H2,2-3H3. The number of hydrogen-bond donors (Lipinski definition) is 0. The molecule has 0 atom stereocenters. The molecule has 6 nitrogen and oxygen atoms in total. The van der Waals surface area contributed by atoms with Crippen LogP contribution in [0.15, 0.2) is 25.3 Å². The number of nitrogens with zero attached hydrogens (tertiary/aromatic N) is 2. The lowest BCUT2D eigenvalue weighted by Gasteiger charge is -2.16. The van der Waals surface area contributed by atoms with Gasteiger partial charge in [0.25, 0.3) is 0 Å². The number of rotatable bonds is 10. The second kappa shape index (κ2) is 15.7. The zero-order valence-corrected chi connectivity index (χ0v) is 14.3. The molecule has 0 rings (SSSR count). The number of carbonyl (C=O) groups is 2. The fourth-order valence-corrected chi connectivity index (χ4v) is 1.23. The quantitative estimate of drug-likeness (QED) is 0.265. The predicted molar refractivity (Wildman–Crippen MR) is 88.4 cm³/mol. The largest absolute Gasteiger partial charge is 0.462 e. The first-order valence-electron chi connectivity index (χ1n) is 7.36. The van der Waals surface area contributed by atoms with Gasteiger partial charge in [0, 0.05) is 18.7 Å². The second-order valence-electron chi connectivity index (χ2n) is 4.63. The number of esters is 2. The van der Waals surface area contributed by atoms with Gasteiger partial charge in [-0.05, 0) is 33.6 Å². The van der Waals surface area contributed by atoms with E-state index in [4.69, 9.17) is 9.47 Å². The van der Waals surface area contributed by atoms with Gasteiger partial charge < -0.3 is 14.4 Å². The molecule has 0 bridgehead atoms. The Labute approximate surface area is 134 Å². The maximum atomic E-state index is 10.6. The fraction of sp³-hybridized carbons (Fsp3) is 0.625. The van der Waals surface area contributed by atoms with Gasteiger partial charge in [-0.15, -0.1) is 0 Å². The van der Waals surface area contributed by atoms with Gasteiger partial charge in [0.2, 0.25) is 0 Å². The van der Waals surface area contributed by atoms with E-state index in [1.165, 1.54) is 12.2 Å². The molecule has 0 aliphatic rings. The summed E-state index contributed by atoms with van der Waals surface area (Å²) in [6, 6.07) is 0. The highest BCUT2D eigenvalue weighted by atomic mass is 16.5. The lowest BCUT2D eigenvalue weighted by atomic mass is 10.4. The molecular weight excluding hydrogens is 284 g/mol. The topological polar surface area (TPSA) is 59.1 Å². The molecule has 0 fully saturated rings. The highest BCUT2D eigenvalue weighted by Gasteiger charge is 2.00. The Morgan fingerprint density at radius 3 is 1.91 bits per heavy atom. The average molecular weight is 314 g/mol. The van der Waals surface area contributed by atoms with Gasteiger partial charge in [-0.2, -0.15) is 0 Å². The molecule has 0 saturated carbocycles. The van der Waals surface area contributed by atoms with Crippen molar-refractivity contribution in [3.05, 3.63) is 25.3 Å². The second-order valence-corrected chi connectivity index (χ2v) is 4.63. The van der Waals surface area contributed by atoms with Crippen molar-refractivity contribution in [2.45, 2.75) is 20.3 Å². The molecule has 0 unspecified atom stereocenters. The van der Waals surface area contributed by atoms with Gasteiger partial charge >= 0.3 is 11.9 Å². The Balaban J connectivity index is 0. The third kappa shape index (κ3) is 16.4. The Kier molecular flexibility index (Phi) is 16.2. The van der Waals surface area contributed by atoms with Crippen molar-refractivity contribution in [3.8, 4) is 0 Å². The third-order valence-corrected chi connectivity index (χ3v) is 2.61. The van der Waals surface area contributed by atoms with Gasteiger partial charge in [0.15, 0.2) is 0 Å². The molecule has 0 N–H and O–H groups in total. The normalized spacial score (nSPS) is 9.73. The molecule has 0 aromatic rings. The van der Waals surface area contributed by atoms with Crippen LogP contribution in [-0.2, 0) is 19.1 Å². The lowest BCUT2D eigenvalue weighted by Crippen LogP contribution is -2.27. The number of hydrogen-bond acceptors (Lipinski definition) is 6. The van der Waals surface area contributed by atoms with Crippen LogP contribution in [0.25, 0.3) is 0 Å². The van der Waals surface area contributed by atoms with Crippen molar-refractivity contribution in [2.24, 2.45) is 0 Å². The molecular formula is C16H30N2O4. The van der Waals surface area contributed by atoms with E-state index < -0.39 is 0 Å². The van der Waals surface area contributed by atoms with Gasteiger partial charge in [0.1, 0.15) is 6.73 Å². The van der Waals surface area contributed by atoms with Crippen LogP contribution >= 0.6 is 0 Å². The van der Waals surface area contributed by atoms with Crippen LogP contribution in [0.4, 0.5) is 0 Å². The zero-order valence-electron chi connectivity index (χ0n) is 14.3. The molecule has 0 aliphatic carbocycles. The summed E-state index contributed by atoms with van der Waals surface area (Å²) in [4.78, 5) is 25.1. The van der Waals surface area contributed by atoms with Crippen LogP contribution in [0.3, 0.4) is 0 Å². The minimum absolute atomic E-state index is 0.344. The molecule has 0 spiro atoms. The summed E-state index contributed by atoms with van der Waals surface area (Å²) in [5.41, 5.74) is 0. The van der Waals surface area contributed by atoms with E-state index in [1.54, 1.807) is 0 Å². The molecule has 128 valence electrons. The van der Waals surface area contributed by atoms with Crippen LogP contribution in [0, 0.1) is 0 Å². The molecule has 0 amide bonds. The first kappa shape index (κ1) is 22.6. The maximum Gasteiger partial charge on any atom is 0.331 e. The van der Waals surface area contributed by atoms with Crippen LogP contribution in [0.2, 0.25) is 0 Å². The van der Waals surface area contributed by atoms with E-state index in [-0.39, 0.29) is 11.9 Å². The Morgan fingerprint density at radius 2 is 1.50 bits per heavy atom. The van der Waals surface area contributed by atoms with Crippen LogP contribution in [0.5, 0.6) is 0 Å². The van der Waals surface area contributed by atoms with Crippen molar-refractivity contribution in [3.63, 3.8) is 0 Å². The molecule has 6 heteroatoms. The summed E-state index contributed by atoms with van der Waals surface area (Å²) < 4.78 is 9.56. The summed E-state index contributed by atoms with van der Waals surface area (Å²) in [6.45, 7) is 14.2.